The summed E-state index contributed by atoms with van der Waals surface area (Å²) in [5.74, 6) is 0. The molecule has 0 radical (unpaired) electrons. The molecule has 98 valence electrons. The second kappa shape index (κ2) is 4.79. The van der Waals surface area contributed by atoms with Crippen LogP contribution in [0.1, 0.15) is 0 Å². The van der Waals surface area contributed by atoms with E-state index in [9.17, 15) is 10.1 Å². The number of aromatic nitrogens is 1. The number of nitro groups is 1. The number of rotatable bonds is 3. The largest absolute Gasteiger partial charge is 0.345 e. The lowest BCUT2D eigenvalue weighted by atomic mass is 10.1. The smallest absolute Gasteiger partial charge is 0.345 e. The highest BCUT2D eigenvalue weighted by atomic mass is 32.1. The van der Waals surface area contributed by atoms with Gasteiger partial charge in [-0.2, -0.15) is 0 Å². The van der Waals surface area contributed by atoms with E-state index in [0.29, 0.717) is 6.04 Å². The van der Waals surface area contributed by atoms with E-state index in [0.717, 1.165) is 55.7 Å². The van der Waals surface area contributed by atoms with Crippen molar-refractivity contribution in [2.24, 2.45) is 0 Å². The van der Waals surface area contributed by atoms with Crippen molar-refractivity contribution in [3.05, 3.63) is 16.3 Å². The highest BCUT2D eigenvalue weighted by Crippen LogP contribution is 2.31. The van der Waals surface area contributed by atoms with Crippen molar-refractivity contribution in [2.75, 3.05) is 44.2 Å². The van der Waals surface area contributed by atoms with E-state index in [1.165, 1.54) is 6.20 Å². The van der Waals surface area contributed by atoms with E-state index in [2.05, 4.69) is 20.1 Å². The summed E-state index contributed by atoms with van der Waals surface area (Å²) in [5, 5.41) is 14.8. The Balaban J connectivity index is 1.56. The average Bonchev–Trinajstić information content (AvgIpc) is 2.78. The molecular formula is C10H15N5O2S. The Kier molecular flexibility index (Phi) is 3.14. The summed E-state index contributed by atoms with van der Waals surface area (Å²) in [4.78, 5) is 18.9. The molecule has 1 aromatic heterocycles. The highest BCUT2D eigenvalue weighted by Gasteiger charge is 2.34. The topological polar surface area (TPSA) is 74.5 Å². The van der Waals surface area contributed by atoms with E-state index < -0.39 is 0 Å². The van der Waals surface area contributed by atoms with Crippen LogP contribution in [0.4, 0.5) is 10.1 Å². The van der Waals surface area contributed by atoms with Gasteiger partial charge in [0.2, 0.25) is 0 Å². The van der Waals surface area contributed by atoms with Crippen molar-refractivity contribution in [2.45, 2.75) is 6.04 Å². The second-order valence-corrected chi connectivity index (χ2v) is 5.57. The molecule has 2 aliphatic rings. The maximum atomic E-state index is 10.6. The molecule has 3 rings (SSSR count). The zero-order valence-corrected chi connectivity index (χ0v) is 10.7. The number of hydrogen-bond donors (Lipinski definition) is 1. The van der Waals surface area contributed by atoms with Crippen molar-refractivity contribution in [3.8, 4) is 0 Å². The number of anilines is 1. The lowest BCUT2D eigenvalue weighted by Crippen LogP contribution is -2.62. The van der Waals surface area contributed by atoms with E-state index in [4.69, 9.17) is 0 Å². The molecule has 18 heavy (non-hydrogen) atoms. The zero-order valence-electron chi connectivity index (χ0n) is 9.91. The third kappa shape index (κ3) is 2.18. The van der Waals surface area contributed by atoms with Gasteiger partial charge < -0.3 is 10.2 Å². The zero-order chi connectivity index (χ0) is 12.5. The van der Waals surface area contributed by atoms with Crippen molar-refractivity contribution in [3.63, 3.8) is 0 Å². The van der Waals surface area contributed by atoms with Gasteiger partial charge in [-0.05, 0) is 11.3 Å². The second-order valence-electron chi connectivity index (χ2n) is 4.58. The van der Waals surface area contributed by atoms with Gasteiger partial charge in [-0.15, -0.1) is 0 Å². The first-order valence-corrected chi connectivity index (χ1v) is 6.85. The van der Waals surface area contributed by atoms with Gasteiger partial charge in [0.25, 0.3) is 0 Å². The summed E-state index contributed by atoms with van der Waals surface area (Å²) in [7, 11) is 0. The molecule has 8 heteroatoms. The van der Waals surface area contributed by atoms with Crippen LogP contribution in [-0.2, 0) is 0 Å². The van der Waals surface area contributed by atoms with Gasteiger partial charge in [-0.3, -0.25) is 15.0 Å². The van der Waals surface area contributed by atoms with Gasteiger partial charge in [0.15, 0.2) is 5.13 Å². The molecule has 1 N–H and O–H groups in total. The molecule has 7 nitrogen and oxygen atoms in total. The number of hydrogen-bond acceptors (Lipinski definition) is 7. The van der Waals surface area contributed by atoms with Crippen molar-refractivity contribution < 1.29 is 4.92 Å². The van der Waals surface area contributed by atoms with Crippen LogP contribution in [0, 0.1) is 10.1 Å². The van der Waals surface area contributed by atoms with Crippen LogP contribution in [0.3, 0.4) is 0 Å². The van der Waals surface area contributed by atoms with Gasteiger partial charge in [-0.25, -0.2) is 4.98 Å². The van der Waals surface area contributed by atoms with Gasteiger partial charge in [-0.1, -0.05) is 0 Å². The average molecular weight is 269 g/mol. The number of nitrogens with one attached hydrogen (secondary N) is 1. The third-order valence-electron chi connectivity index (χ3n) is 3.46. The standard InChI is InChI=1S/C10H15N5O2S/c16-15(17)9-5-12-10(18-9)14-6-8(7-14)13-3-1-11-2-4-13/h5,8,11H,1-4,6-7H2. The highest BCUT2D eigenvalue weighted by molar-refractivity contribution is 7.18. The first-order chi connectivity index (χ1) is 8.74. The summed E-state index contributed by atoms with van der Waals surface area (Å²) in [6.07, 6.45) is 1.35. The Labute approximate surface area is 109 Å². The minimum absolute atomic E-state index is 0.121. The van der Waals surface area contributed by atoms with E-state index >= 15 is 0 Å². The molecule has 1 aromatic rings. The molecule has 2 aliphatic heterocycles. The lowest BCUT2D eigenvalue weighted by Gasteiger charge is -2.46. The van der Waals surface area contributed by atoms with E-state index in [1.807, 2.05) is 0 Å². The van der Waals surface area contributed by atoms with Crippen LogP contribution < -0.4 is 10.2 Å². The SMILES string of the molecule is O=[N+]([O-])c1cnc(N2CC(N3CCNCC3)C2)s1. The molecule has 0 spiro atoms. The Morgan fingerprint density at radius 3 is 2.78 bits per heavy atom. The monoisotopic (exact) mass is 269 g/mol. The van der Waals surface area contributed by atoms with Crippen molar-refractivity contribution in [1.82, 2.24) is 15.2 Å². The van der Waals surface area contributed by atoms with Gasteiger partial charge in [0, 0.05) is 45.3 Å². The minimum atomic E-state index is -0.380. The molecule has 0 amide bonds. The Hall–Kier alpha value is -1.25. The molecular weight excluding hydrogens is 254 g/mol. The van der Waals surface area contributed by atoms with Crippen LogP contribution in [0.25, 0.3) is 0 Å². The molecule has 0 bridgehead atoms. The van der Waals surface area contributed by atoms with Crippen LogP contribution in [0.5, 0.6) is 0 Å². The third-order valence-corrected chi connectivity index (χ3v) is 4.47. The first kappa shape index (κ1) is 11.8. The first-order valence-electron chi connectivity index (χ1n) is 6.04. The molecule has 3 heterocycles. The Morgan fingerprint density at radius 2 is 2.17 bits per heavy atom. The van der Waals surface area contributed by atoms with Crippen molar-refractivity contribution >= 4 is 21.5 Å². The van der Waals surface area contributed by atoms with Crippen LogP contribution in [0.2, 0.25) is 0 Å². The molecule has 0 atom stereocenters. The summed E-state index contributed by atoms with van der Waals surface area (Å²) in [6, 6.07) is 0.579. The van der Waals surface area contributed by atoms with E-state index in [-0.39, 0.29) is 9.92 Å². The van der Waals surface area contributed by atoms with Gasteiger partial charge >= 0.3 is 5.00 Å². The van der Waals surface area contributed by atoms with E-state index in [1.54, 1.807) is 0 Å². The molecule has 2 saturated heterocycles. The molecule has 0 aromatic carbocycles. The molecule has 0 saturated carbocycles. The maximum Gasteiger partial charge on any atom is 0.345 e. The van der Waals surface area contributed by atoms with Crippen LogP contribution >= 0.6 is 11.3 Å². The van der Waals surface area contributed by atoms with Crippen LogP contribution in [-0.4, -0.2) is 60.1 Å². The van der Waals surface area contributed by atoms with Gasteiger partial charge in [0.1, 0.15) is 6.20 Å². The Morgan fingerprint density at radius 1 is 1.44 bits per heavy atom. The number of thiazole rings is 1. The normalized spacial score (nSPS) is 21.9. The summed E-state index contributed by atoms with van der Waals surface area (Å²) in [5.41, 5.74) is 0. The maximum absolute atomic E-state index is 10.6. The molecule has 0 aliphatic carbocycles. The quantitative estimate of drug-likeness (QED) is 0.622. The lowest BCUT2D eigenvalue weighted by molar-refractivity contribution is -0.380. The fourth-order valence-electron chi connectivity index (χ4n) is 2.38. The molecule has 0 unspecified atom stereocenters. The number of nitrogens with zero attached hydrogens (tertiary/aromatic N) is 4. The predicted octanol–water partition coefficient (Wildman–Crippen LogP) is 0.145. The predicted molar refractivity (Wildman–Crippen MR) is 69.2 cm³/mol. The summed E-state index contributed by atoms with van der Waals surface area (Å²) >= 11 is 1.16. The Bertz CT molecular complexity index is 439. The summed E-state index contributed by atoms with van der Waals surface area (Å²) in [6.45, 7) is 6.17. The van der Waals surface area contributed by atoms with Gasteiger partial charge in [0.05, 0.1) is 4.92 Å². The summed E-state index contributed by atoms with van der Waals surface area (Å²) < 4.78 is 0. The van der Waals surface area contributed by atoms with Crippen LogP contribution in [0.15, 0.2) is 6.20 Å². The van der Waals surface area contributed by atoms with Crippen molar-refractivity contribution in [1.29, 1.82) is 0 Å². The number of piperazine rings is 1. The minimum Gasteiger partial charge on any atom is -0.345 e. The molecule has 2 fully saturated rings. The fourth-order valence-corrected chi connectivity index (χ4v) is 3.13. The fraction of sp³-hybridized carbons (Fsp3) is 0.700.